The number of hydrogen-bond acceptors (Lipinski definition) is 5. The molecule has 2 aromatic rings. The van der Waals surface area contributed by atoms with Crippen molar-refractivity contribution in [3.8, 4) is 11.6 Å². The third-order valence-corrected chi connectivity index (χ3v) is 3.22. The Hall–Kier alpha value is -3.04. The lowest BCUT2D eigenvalue weighted by atomic mass is 10.2. The maximum absolute atomic E-state index is 12.8. The molecule has 0 saturated carbocycles. The molecule has 0 unspecified atom stereocenters. The second-order valence-electron chi connectivity index (χ2n) is 5.15. The number of hydrogen-bond donors (Lipinski definition) is 2. The number of nitrogen functional groups attached to an aromatic ring is 1. The zero-order chi connectivity index (χ0) is 19.3. The van der Waals surface area contributed by atoms with Gasteiger partial charge in [0, 0.05) is 18.0 Å². The van der Waals surface area contributed by atoms with Crippen molar-refractivity contribution < 1.29 is 31.8 Å². The summed E-state index contributed by atoms with van der Waals surface area (Å²) in [5.74, 6) is -4.68. The number of rotatable bonds is 7. The van der Waals surface area contributed by atoms with Crippen LogP contribution in [0.4, 0.5) is 28.9 Å². The molecule has 0 saturated heterocycles. The summed E-state index contributed by atoms with van der Waals surface area (Å²) < 4.78 is 59.2. The Morgan fingerprint density at radius 3 is 2.58 bits per heavy atom. The fourth-order valence-corrected chi connectivity index (χ4v) is 1.85. The van der Waals surface area contributed by atoms with Crippen molar-refractivity contribution in [3.05, 3.63) is 42.1 Å². The Morgan fingerprint density at radius 2 is 2.04 bits per heavy atom. The van der Waals surface area contributed by atoms with Gasteiger partial charge in [0.2, 0.25) is 5.88 Å². The number of aromatic nitrogens is 1. The van der Waals surface area contributed by atoms with Crippen molar-refractivity contribution >= 4 is 17.3 Å². The summed E-state index contributed by atoms with van der Waals surface area (Å²) in [6.45, 7) is -1.52. The Morgan fingerprint density at radius 1 is 1.31 bits per heavy atom. The molecular weight excluding hydrogens is 358 g/mol. The van der Waals surface area contributed by atoms with Gasteiger partial charge >= 0.3 is 12.3 Å². The molecular formula is C16H15F4N3O3. The molecule has 0 bridgehead atoms. The van der Waals surface area contributed by atoms with Gasteiger partial charge in [-0.05, 0) is 24.3 Å². The monoisotopic (exact) mass is 373 g/mol. The fourth-order valence-electron chi connectivity index (χ4n) is 1.85. The summed E-state index contributed by atoms with van der Waals surface area (Å²) in [5, 5.41) is 2.57. The predicted molar refractivity (Wildman–Crippen MR) is 86.0 cm³/mol. The van der Waals surface area contributed by atoms with E-state index >= 15 is 0 Å². The van der Waals surface area contributed by atoms with Gasteiger partial charge < -0.3 is 20.5 Å². The van der Waals surface area contributed by atoms with Gasteiger partial charge in [-0.1, -0.05) is 0 Å². The van der Waals surface area contributed by atoms with E-state index in [1.807, 2.05) is 0 Å². The van der Waals surface area contributed by atoms with Gasteiger partial charge in [-0.15, -0.1) is 0 Å². The number of methoxy groups -OCH3 is 1. The minimum absolute atomic E-state index is 0.104. The summed E-state index contributed by atoms with van der Waals surface area (Å²) in [6.07, 6.45) is -2.78. The first kappa shape index (κ1) is 19.3. The minimum atomic E-state index is -4.29. The molecule has 0 aliphatic heterocycles. The number of ether oxygens (including phenoxy) is 2. The number of carbonyl (C=O) groups is 1. The van der Waals surface area contributed by atoms with Crippen molar-refractivity contribution in [2.45, 2.75) is 12.3 Å². The Labute approximate surface area is 145 Å². The van der Waals surface area contributed by atoms with Crippen LogP contribution < -0.4 is 20.5 Å². The first-order valence-electron chi connectivity index (χ1n) is 7.22. The minimum Gasteiger partial charge on any atom is -0.495 e. The molecule has 0 spiro atoms. The van der Waals surface area contributed by atoms with E-state index in [2.05, 4.69) is 15.0 Å². The van der Waals surface area contributed by atoms with Crippen LogP contribution in [0, 0.1) is 0 Å². The third kappa shape index (κ3) is 4.74. The highest BCUT2D eigenvalue weighted by atomic mass is 19.3. The van der Waals surface area contributed by atoms with Crippen LogP contribution in [0.15, 0.2) is 36.5 Å². The second-order valence-corrected chi connectivity index (χ2v) is 5.15. The molecule has 3 N–H and O–H groups in total. The highest BCUT2D eigenvalue weighted by Gasteiger charge is 2.41. The molecule has 26 heavy (non-hydrogen) atoms. The summed E-state index contributed by atoms with van der Waals surface area (Å²) >= 11 is 0. The van der Waals surface area contributed by atoms with E-state index in [4.69, 9.17) is 10.5 Å². The lowest BCUT2D eigenvalue weighted by molar-refractivity contribution is -0.148. The first-order valence-corrected chi connectivity index (χ1v) is 7.22. The Bertz CT molecular complexity index is 770. The average molecular weight is 373 g/mol. The molecule has 0 aliphatic rings. The molecule has 0 atom stereocenters. The molecule has 0 radical (unpaired) electrons. The SMILES string of the molecule is COc1ccc(NC(=O)c2ccc(OCC(F)(F)C(F)F)nc2)cc1N. The standard InChI is InChI=1S/C16H15F4N3O3/c1-25-12-4-3-10(6-11(12)21)23-14(24)9-2-5-13(22-7-9)26-8-16(19,20)15(17)18/h2-7,15H,8,21H2,1H3,(H,23,24). The summed E-state index contributed by atoms with van der Waals surface area (Å²) in [4.78, 5) is 15.8. The number of nitrogens with two attached hydrogens (primary N) is 1. The second kappa shape index (κ2) is 7.89. The number of halogens is 4. The van der Waals surface area contributed by atoms with Crippen LogP contribution in [0.25, 0.3) is 0 Å². The highest BCUT2D eigenvalue weighted by Crippen LogP contribution is 2.25. The average Bonchev–Trinajstić information content (AvgIpc) is 2.60. The first-order chi connectivity index (χ1) is 12.2. The zero-order valence-corrected chi connectivity index (χ0v) is 13.5. The summed E-state index contributed by atoms with van der Waals surface area (Å²) in [7, 11) is 1.45. The molecule has 1 amide bonds. The van der Waals surface area contributed by atoms with E-state index < -0.39 is 24.9 Å². The predicted octanol–water partition coefficient (Wildman–Crippen LogP) is 3.20. The molecule has 2 rings (SSSR count). The summed E-state index contributed by atoms with van der Waals surface area (Å²) in [5.41, 5.74) is 6.57. The number of anilines is 2. The van der Waals surface area contributed by atoms with Gasteiger partial charge in [0.1, 0.15) is 5.75 Å². The van der Waals surface area contributed by atoms with Crippen LogP contribution in [-0.4, -0.2) is 37.0 Å². The molecule has 0 fully saturated rings. The van der Waals surface area contributed by atoms with Gasteiger partial charge in [-0.2, -0.15) is 8.78 Å². The molecule has 1 aromatic carbocycles. The third-order valence-electron chi connectivity index (χ3n) is 3.22. The Balaban J connectivity index is 1.99. The number of carbonyl (C=O) groups excluding carboxylic acids is 1. The lowest BCUT2D eigenvalue weighted by Gasteiger charge is -2.15. The maximum Gasteiger partial charge on any atom is 0.340 e. The quantitative estimate of drug-likeness (QED) is 0.575. The van der Waals surface area contributed by atoms with E-state index in [0.717, 1.165) is 12.3 Å². The van der Waals surface area contributed by atoms with Crippen LogP contribution in [0.2, 0.25) is 0 Å². The highest BCUT2D eigenvalue weighted by molar-refractivity contribution is 6.04. The number of alkyl halides is 4. The lowest BCUT2D eigenvalue weighted by Crippen LogP contribution is -2.33. The maximum atomic E-state index is 12.8. The molecule has 10 heteroatoms. The molecule has 6 nitrogen and oxygen atoms in total. The van der Waals surface area contributed by atoms with Crippen molar-refractivity contribution in [2.75, 3.05) is 24.8 Å². The fraction of sp³-hybridized carbons (Fsp3) is 0.250. The zero-order valence-electron chi connectivity index (χ0n) is 13.5. The van der Waals surface area contributed by atoms with E-state index in [-0.39, 0.29) is 11.4 Å². The van der Waals surface area contributed by atoms with E-state index in [0.29, 0.717) is 17.1 Å². The topological polar surface area (TPSA) is 86.5 Å². The number of nitrogens with one attached hydrogen (secondary N) is 1. The normalized spacial score (nSPS) is 11.3. The van der Waals surface area contributed by atoms with Gasteiger partial charge in [-0.3, -0.25) is 4.79 Å². The van der Waals surface area contributed by atoms with Crippen LogP contribution in [0.3, 0.4) is 0 Å². The smallest absolute Gasteiger partial charge is 0.340 e. The van der Waals surface area contributed by atoms with Crippen molar-refractivity contribution in [1.29, 1.82) is 0 Å². The van der Waals surface area contributed by atoms with Crippen molar-refractivity contribution in [2.24, 2.45) is 0 Å². The van der Waals surface area contributed by atoms with E-state index in [1.165, 1.54) is 19.2 Å². The number of benzene rings is 1. The van der Waals surface area contributed by atoms with Gasteiger partial charge in [-0.25, -0.2) is 13.8 Å². The molecule has 0 aliphatic carbocycles. The number of nitrogens with zero attached hydrogens (tertiary/aromatic N) is 1. The summed E-state index contributed by atoms with van der Waals surface area (Å²) in [6, 6.07) is 7.02. The number of pyridine rings is 1. The van der Waals surface area contributed by atoms with Gasteiger partial charge in [0.25, 0.3) is 5.91 Å². The van der Waals surface area contributed by atoms with Crippen molar-refractivity contribution in [3.63, 3.8) is 0 Å². The Kier molecular flexibility index (Phi) is 5.86. The van der Waals surface area contributed by atoms with E-state index in [9.17, 15) is 22.4 Å². The molecule has 1 aromatic heterocycles. The molecule has 1 heterocycles. The van der Waals surface area contributed by atoms with E-state index in [1.54, 1.807) is 12.1 Å². The van der Waals surface area contributed by atoms with Crippen LogP contribution in [0.1, 0.15) is 10.4 Å². The molecule has 140 valence electrons. The van der Waals surface area contributed by atoms with Crippen LogP contribution in [0.5, 0.6) is 11.6 Å². The number of amides is 1. The van der Waals surface area contributed by atoms with Gasteiger partial charge in [0.05, 0.1) is 18.4 Å². The largest absolute Gasteiger partial charge is 0.495 e. The van der Waals surface area contributed by atoms with Crippen LogP contribution in [-0.2, 0) is 0 Å². The van der Waals surface area contributed by atoms with Crippen molar-refractivity contribution in [1.82, 2.24) is 4.98 Å². The van der Waals surface area contributed by atoms with Crippen LogP contribution >= 0.6 is 0 Å². The van der Waals surface area contributed by atoms with Gasteiger partial charge in [0.15, 0.2) is 6.61 Å².